The topological polar surface area (TPSA) is 34.1 Å². The highest BCUT2D eigenvalue weighted by atomic mass is 16.5. The number of hydrogen-bond acceptors (Lipinski definition) is 3. The van der Waals surface area contributed by atoms with Crippen LogP contribution in [0.4, 0.5) is 5.82 Å². The first-order valence-corrected chi connectivity index (χ1v) is 5.05. The fourth-order valence-electron chi connectivity index (χ4n) is 1.06. The highest BCUT2D eigenvalue weighted by molar-refractivity contribution is 5.45. The van der Waals surface area contributed by atoms with Crippen molar-refractivity contribution in [3.63, 3.8) is 0 Å². The van der Waals surface area contributed by atoms with Crippen LogP contribution in [0.25, 0.3) is 0 Å². The van der Waals surface area contributed by atoms with E-state index in [1.165, 1.54) is 0 Å². The lowest BCUT2D eigenvalue weighted by atomic mass is 10.3. The second-order valence-corrected chi connectivity index (χ2v) is 2.52. The van der Waals surface area contributed by atoms with Gasteiger partial charge in [-0.3, -0.25) is 0 Å². The Morgan fingerprint density at radius 2 is 2.07 bits per heavy atom. The lowest BCUT2D eigenvalue weighted by molar-refractivity contribution is 0.338. The van der Waals surface area contributed by atoms with E-state index in [1.807, 2.05) is 40.8 Å². The van der Waals surface area contributed by atoms with Crippen molar-refractivity contribution in [2.45, 2.75) is 27.7 Å². The van der Waals surface area contributed by atoms with Crippen LogP contribution in [0, 0.1) is 6.92 Å². The molecule has 0 saturated heterocycles. The molecular weight excluding hydrogens is 176 g/mol. The zero-order valence-corrected chi connectivity index (χ0v) is 9.72. The van der Waals surface area contributed by atoms with Crippen LogP contribution in [0.15, 0.2) is 12.3 Å². The molecule has 0 spiro atoms. The molecule has 1 rings (SSSR count). The fourth-order valence-corrected chi connectivity index (χ4v) is 1.06. The summed E-state index contributed by atoms with van der Waals surface area (Å²) in [6.07, 6.45) is 1.72. The summed E-state index contributed by atoms with van der Waals surface area (Å²) >= 11 is 0. The summed E-state index contributed by atoms with van der Waals surface area (Å²) in [6, 6.07) is 1.97. The summed E-state index contributed by atoms with van der Waals surface area (Å²) in [5, 5.41) is 3.00. The van der Waals surface area contributed by atoms with Gasteiger partial charge in [-0.2, -0.15) is 0 Å². The van der Waals surface area contributed by atoms with Crippen LogP contribution in [0.1, 0.15) is 26.3 Å². The maximum atomic E-state index is 5.30. The molecule has 0 saturated carbocycles. The third-order valence-electron chi connectivity index (χ3n) is 1.60. The van der Waals surface area contributed by atoms with Crippen LogP contribution in [-0.4, -0.2) is 18.6 Å². The summed E-state index contributed by atoms with van der Waals surface area (Å²) in [5.74, 6) is 1.73. The Labute approximate surface area is 86.5 Å². The summed E-state index contributed by atoms with van der Waals surface area (Å²) in [4.78, 5) is 4.18. The van der Waals surface area contributed by atoms with Crippen molar-refractivity contribution in [1.29, 1.82) is 0 Å². The van der Waals surface area contributed by atoms with E-state index in [2.05, 4.69) is 10.3 Å². The molecule has 1 aromatic heterocycles. The molecule has 0 aliphatic carbocycles. The van der Waals surface area contributed by atoms with Crippen LogP contribution in [-0.2, 0) is 0 Å². The minimum Gasteiger partial charge on any atom is -0.492 e. The SMILES string of the molecule is CC.CCOc1cnc(NC)c(C)c1. The van der Waals surface area contributed by atoms with E-state index >= 15 is 0 Å². The van der Waals surface area contributed by atoms with Crippen molar-refractivity contribution < 1.29 is 4.74 Å². The van der Waals surface area contributed by atoms with Gasteiger partial charge in [0.2, 0.25) is 0 Å². The summed E-state index contributed by atoms with van der Waals surface area (Å²) in [6.45, 7) is 8.64. The Kier molecular flexibility index (Phi) is 6.54. The molecule has 0 fully saturated rings. The predicted molar refractivity (Wildman–Crippen MR) is 61.0 cm³/mol. The lowest BCUT2D eigenvalue weighted by Crippen LogP contribution is -1.97. The first-order valence-electron chi connectivity index (χ1n) is 5.05. The molecular formula is C11H20N2O. The molecule has 1 aromatic rings. The lowest BCUT2D eigenvalue weighted by Gasteiger charge is -2.06. The molecule has 0 unspecified atom stereocenters. The molecule has 0 atom stereocenters. The Balaban J connectivity index is 0.000000791. The number of aromatic nitrogens is 1. The molecule has 14 heavy (non-hydrogen) atoms. The number of aryl methyl sites for hydroxylation is 1. The van der Waals surface area contributed by atoms with Crippen LogP contribution in [0.5, 0.6) is 5.75 Å². The summed E-state index contributed by atoms with van der Waals surface area (Å²) in [7, 11) is 1.86. The van der Waals surface area contributed by atoms with E-state index in [4.69, 9.17) is 4.74 Å². The normalized spacial score (nSPS) is 8.64. The predicted octanol–water partition coefficient (Wildman–Crippen LogP) is 2.86. The number of pyridine rings is 1. The van der Waals surface area contributed by atoms with Crippen molar-refractivity contribution in [3.05, 3.63) is 17.8 Å². The van der Waals surface area contributed by atoms with Crippen molar-refractivity contribution >= 4 is 5.82 Å². The largest absolute Gasteiger partial charge is 0.492 e. The first-order chi connectivity index (χ1) is 6.77. The van der Waals surface area contributed by atoms with E-state index in [0.717, 1.165) is 17.1 Å². The molecule has 80 valence electrons. The number of nitrogens with zero attached hydrogens (tertiary/aromatic N) is 1. The molecule has 0 bridgehead atoms. The highest BCUT2D eigenvalue weighted by Gasteiger charge is 1.98. The smallest absolute Gasteiger partial charge is 0.137 e. The van der Waals surface area contributed by atoms with Gasteiger partial charge in [0.25, 0.3) is 0 Å². The van der Waals surface area contributed by atoms with Crippen LogP contribution < -0.4 is 10.1 Å². The third-order valence-corrected chi connectivity index (χ3v) is 1.60. The molecule has 3 nitrogen and oxygen atoms in total. The monoisotopic (exact) mass is 196 g/mol. The molecule has 0 aromatic carbocycles. The van der Waals surface area contributed by atoms with E-state index in [-0.39, 0.29) is 0 Å². The average Bonchev–Trinajstić information content (AvgIpc) is 2.22. The molecule has 1 heterocycles. The highest BCUT2D eigenvalue weighted by Crippen LogP contribution is 2.17. The van der Waals surface area contributed by atoms with Crippen LogP contribution in [0.3, 0.4) is 0 Å². The van der Waals surface area contributed by atoms with Crippen LogP contribution in [0.2, 0.25) is 0 Å². The molecule has 1 N–H and O–H groups in total. The Morgan fingerprint density at radius 3 is 2.50 bits per heavy atom. The zero-order valence-electron chi connectivity index (χ0n) is 9.72. The maximum Gasteiger partial charge on any atom is 0.137 e. The third kappa shape index (κ3) is 3.64. The quantitative estimate of drug-likeness (QED) is 0.807. The first kappa shape index (κ1) is 12.8. The fraction of sp³-hybridized carbons (Fsp3) is 0.545. The maximum absolute atomic E-state index is 5.30. The Bertz CT molecular complexity index is 261. The second kappa shape index (κ2) is 7.18. The number of rotatable bonds is 3. The average molecular weight is 196 g/mol. The second-order valence-electron chi connectivity index (χ2n) is 2.52. The van der Waals surface area contributed by atoms with Gasteiger partial charge in [0.05, 0.1) is 12.8 Å². The number of hydrogen-bond donors (Lipinski definition) is 1. The standard InChI is InChI=1S/C9H14N2O.C2H6/c1-4-12-8-5-7(2)9(10-3)11-6-8;1-2/h5-6H,4H2,1-3H3,(H,10,11);1-2H3. The zero-order chi connectivity index (χ0) is 11.0. The number of nitrogens with one attached hydrogen (secondary N) is 1. The van der Waals surface area contributed by atoms with Crippen molar-refractivity contribution in [3.8, 4) is 5.75 Å². The number of ether oxygens (including phenoxy) is 1. The van der Waals surface area contributed by atoms with Gasteiger partial charge in [0.1, 0.15) is 11.6 Å². The van der Waals surface area contributed by atoms with E-state index < -0.39 is 0 Å². The van der Waals surface area contributed by atoms with Crippen molar-refractivity contribution in [2.75, 3.05) is 19.0 Å². The van der Waals surface area contributed by atoms with Gasteiger partial charge in [-0.1, -0.05) is 13.8 Å². The van der Waals surface area contributed by atoms with Gasteiger partial charge in [-0.15, -0.1) is 0 Å². The van der Waals surface area contributed by atoms with E-state index in [1.54, 1.807) is 6.20 Å². The molecule has 3 heteroatoms. The Morgan fingerprint density at radius 1 is 1.43 bits per heavy atom. The van der Waals surface area contributed by atoms with Crippen LogP contribution >= 0.6 is 0 Å². The molecule has 0 radical (unpaired) electrons. The van der Waals surface area contributed by atoms with E-state index in [9.17, 15) is 0 Å². The minimum absolute atomic E-state index is 0.681. The molecule has 0 aliphatic heterocycles. The van der Waals surface area contributed by atoms with Gasteiger partial charge in [0.15, 0.2) is 0 Å². The molecule has 0 amide bonds. The van der Waals surface area contributed by atoms with Gasteiger partial charge in [-0.25, -0.2) is 4.98 Å². The Hall–Kier alpha value is -1.25. The molecule has 0 aliphatic rings. The van der Waals surface area contributed by atoms with E-state index in [0.29, 0.717) is 6.61 Å². The summed E-state index contributed by atoms with van der Waals surface area (Å²) in [5.41, 5.74) is 1.10. The summed E-state index contributed by atoms with van der Waals surface area (Å²) < 4.78 is 5.30. The van der Waals surface area contributed by atoms with Gasteiger partial charge in [0, 0.05) is 7.05 Å². The minimum atomic E-state index is 0.681. The van der Waals surface area contributed by atoms with Gasteiger partial charge < -0.3 is 10.1 Å². The van der Waals surface area contributed by atoms with Crippen molar-refractivity contribution in [1.82, 2.24) is 4.98 Å². The van der Waals surface area contributed by atoms with Gasteiger partial charge >= 0.3 is 0 Å². The van der Waals surface area contributed by atoms with Crippen molar-refractivity contribution in [2.24, 2.45) is 0 Å². The number of anilines is 1. The van der Waals surface area contributed by atoms with Gasteiger partial charge in [-0.05, 0) is 25.5 Å².